The summed E-state index contributed by atoms with van der Waals surface area (Å²) in [6.07, 6.45) is 0. The molecule has 3 rings (SSSR count). The monoisotopic (exact) mass is 298 g/mol. The van der Waals surface area contributed by atoms with Crippen molar-refractivity contribution < 1.29 is 4.74 Å². The molecule has 1 aliphatic rings. The van der Waals surface area contributed by atoms with Gasteiger partial charge in [-0.2, -0.15) is 0 Å². The molecule has 0 unspecified atom stereocenters. The highest BCUT2D eigenvalue weighted by atomic mass is 32.1. The quantitative estimate of drug-likeness (QED) is 0.805. The van der Waals surface area contributed by atoms with Gasteiger partial charge in [-0.05, 0) is 23.3 Å². The van der Waals surface area contributed by atoms with E-state index in [1.54, 1.807) is 0 Å². The summed E-state index contributed by atoms with van der Waals surface area (Å²) in [5, 5.41) is 0.856. The van der Waals surface area contributed by atoms with Crippen LogP contribution in [0, 0.1) is 0 Å². The van der Waals surface area contributed by atoms with E-state index < -0.39 is 0 Å². The van der Waals surface area contributed by atoms with Crippen molar-refractivity contribution >= 4 is 17.3 Å². The van der Waals surface area contributed by atoms with E-state index in [4.69, 9.17) is 17.0 Å². The summed E-state index contributed by atoms with van der Waals surface area (Å²) < 4.78 is 5.67. The van der Waals surface area contributed by atoms with Crippen molar-refractivity contribution in [1.82, 2.24) is 9.80 Å². The molecule has 0 amide bonds. The molecule has 0 radical (unpaired) electrons. The van der Waals surface area contributed by atoms with E-state index in [2.05, 4.69) is 34.1 Å². The van der Waals surface area contributed by atoms with Crippen LogP contribution in [0.2, 0.25) is 0 Å². The molecule has 21 heavy (non-hydrogen) atoms. The summed E-state index contributed by atoms with van der Waals surface area (Å²) in [4.78, 5) is 4.19. The first kappa shape index (κ1) is 14.0. The van der Waals surface area contributed by atoms with Crippen molar-refractivity contribution in [2.24, 2.45) is 0 Å². The third kappa shape index (κ3) is 3.60. The number of hydrogen-bond acceptors (Lipinski definition) is 2. The van der Waals surface area contributed by atoms with Gasteiger partial charge in [0.2, 0.25) is 0 Å². The lowest BCUT2D eigenvalue weighted by atomic mass is 10.2. The first-order valence-electron chi connectivity index (χ1n) is 7.02. The summed E-state index contributed by atoms with van der Waals surface area (Å²) in [5.74, 6) is 0. The summed E-state index contributed by atoms with van der Waals surface area (Å²) in [7, 11) is 0. The zero-order chi connectivity index (χ0) is 14.5. The van der Waals surface area contributed by atoms with Gasteiger partial charge in [-0.25, -0.2) is 0 Å². The van der Waals surface area contributed by atoms with Gasteiger partial charge < -0.3 is 14.5 Å². The average Bonchev–Trinajstić information content (AvgIpc) is 2.53. The Morgan fingerprint density at radius 2 is 1.19 bits per heavy atom. The Morgan fingerprint density at radius 1 is 0.762 bits per heavy atom. The van der Waals surface area contributed by atoms with Gasteiger partial charge in [-0.3, -0.25) is 0 Å². The molecule has 0 aliphatic carbocycles. The molecule has 0 N–H and O–H groups in total. The predicted octanol–water partition coefficient (Wildman–Crippen LogP) is 3.22. The fourth-order valence-electron chi connectivity index (χ4n) is 2.41. The van der Waals surface area contributed by atoms with Crippen molar-refractivity contribution in [1.29, 1.82) is 0 Å². The fourth-order valence-corrected chi connectivity index (χ4v) is 2.64. The van der Waals surface area contributed by atoms with Crippen molar-refractivity contribution in [3.63, 3.8) is 0 Å². The van der Waals surface area contributed by atoms with Crippen LogP contribution in [0.1, 0.15) is 11.1 Å². The summed E-state index contributed by atoms with van der Waals surface area (Å²) in [5.41, 5.74) is 2.48. The van der Waals surface area contributed by atoms with E-state index in [0.29, 0.717) is 13.5 Å². The highest BCUT2D eigenvalue weighted by molar-refractivity contribution is 7.80. The van der Waals surface area contributed by atoms with Gasteiger partial charge in [-0.15, -0.1) is 0 Å². The highest BCUT2D eigenvalue weighted by Gasteiger charge is 2.22. The van der Waals surface area contributed by atoms with Crippen LogP contribution in [0.4, 0.5) is 0 Å². The van der Waals surface area contributed by atoms with E-state index >= 15 is 0 Å². The van der Waals surface area contributed by atoms with E-state index in [1.807, 2.05) is 36.4 Å². The van der Waals surface area contributed by atoms with Crippen LogP contribution in [0.25, 0.3) is 0 Å². The van der Waals surface area contributed by atoms with Gasteiger partial charge in [0, 0.05) is 13.1 Å². The maximum atomic E-state index is 5.67. The molecule has 0 atom stereocenters. The number of nitrogens with zero attached hydrogens (tertiary/aromatic N) is 2. The maximum absolute atomic E-state index is 5.67. The van der Waals surface area contributed by atoms with Crippen LogP contribution < -0.4 is 0 Å². The average molecular weight is 298 g/mol. The topological polar surface area (TPSA) is 15.7 Å². The third-order valence-electron chi connectivity index (χ3n) is 3.47. The molecule has 2 aromatic carbocycles. The number of thiocarbonyl (C=S) groups is 1. The molecular formula is C17H18N2OS. The molecule has 4 heteroatoms. The molecule has 0 saturated carbocycles. The minimum absolute atomic E-state index is 0.555. The molecule has 1 aliphatic heterocycles. The molecular weight excluding hydrogens is 280 g/mol. The van der Waals surface area contributed by atoms with Crippen LogP contribution in [0.15, 0.2) is 60.7 Å². The maximum Gasteiger partial charge on any atom is 0.175 e. The first-order valence-corrected chi connectivity index (χ1v) is 7.43. The molecule has 0 bridgehead atoms. The lowest BCUT2D eigenvalue weighted by Gasteiger charge is -2.38. The second-order valence-corrected chi connectivity index (χ2v) is 5.48. The number of benzene rings is 2. The van der Waals surface area contributed by atoms with E-state index in [1.165, 1.54) is 11.1 Å². The van der Waals surface area contributed by atoms with Crippen molar-refractivity contribution in [2.45, 2.75) is 13.1 Å². The van der Waals surface area contributed by atoms with Gasteiger partial charge in [-0.1, -0.05) is 60.7 Å². The predicted molar refractivity (Wildman–Crippen MR) is 87.4 cm³/mol. The van der Waals surface area contributed by atoms with Gasteiger partial charge in [0.1, 0.15) is 13.5 Å². The standard InChI is InChI=1S/C17H18N2OS/c21-17-18(11-15-7-3-1-4-8-15)13-20-14-19(17)12-16-9-5-2-6-10-16/h1-10H,11-14H2. The van der Waals surface area contributed by atoms with E-state index in [0.717, 1.165) is 18.2 Å². The summed E-state index contributed by atoms with van der Waals surface area (Å²) in [6.45, 7) is 2.67. The number of hydrogen-bond donors (Lipinski definition) is 0. The molecule has 3 nitrogen and oxygen atoms in total. The lowest BCUT2D eigenvalue weighted by molar-refractivity contribution is -0.0289. The normalized spacial score (nSPS) is 15.3. The minimum Gasteiger partial charge on any atom is -0.341 e. The Bertz CT molecular complexity index is 537. The van der Waals surface area contributed by atoms with Crippen LogP contribution in [-0.4, -0.2) is 28.4 Å². The zero-order valence-electron chi connectivity index (χ0n) is 11.8. The van der Waals surface area contributed by atoms with Gasteiger partial charge in [0.05, 0.1) is 0 Å². The molecule has 2 aromatic rings. The van der Waals surface area contributed by atoms with Crippen molar-refractivity contribution in [2.75, 3.05) is 13.5 Å². The smallest absolute Gasteiger partial charge is 0.175 e. The van der Waals surface area contributed by atoms with Gasteiger partial charge in [0.15, 0.2) is 5.11 Å². The second kappa shape index (κ2) is 6.70. The van der Waals surface area contributed by atoms with E-state index in [-0.39, 0.29) is 0 Å². The molecule has 1 saturated heterocycles. The molecule has 1 heterocycles. The van der Waals surface area contributed by atoms with Gasteiger partial charge in [0.25, 0.3) is 0 Å². The number of ether oxygens (including phenoxy) is 1. The summed E-state index contributed by atoms with van der Waals surface area (Å²) in [6, 6.07) is 20.7. The minimum atomic E-state index is 0.555. The van der Waals surface area contributed by atoms with Crippen LogP contribution in [-0.2, 0) is 17.8 Å². The Balaban J connectivity index is 1.66. The third-order valence-corrected chi connectivity index (χ3v) is 3.98. The molecule has 1 fully saturated rings. The second-order valence-electron chi connectivity index (χ2n) is 5.11. The summed E-state index contributed by atoms with van der Waals surface area (Å²) >= 11 is 5.62. The molecule has 108 valence electrons. The fraction of sp³-hybridized carbons (Fsp3) is 0.235. The largest absolute Gasteiger partial charge is 0.341 e. The van der Waals surface area contributed by atoms with Gasteiger partial charge >= 0.3 is 0 Å². The Kier molecular flexibility index (Phi) is 4.48. The Labute approximate surface area is 130 Å². The van der Waals surface area contributed by atoms with Crippen LogP contribution >= 0.6 is 12.2 Å². The van der Waals surface area contributed by atoms with Crippen LogP contribution in [0.5, 0.6) is 0 Å². The number of rotatable bonds is 4. The van der Waals surface area contributed by atoms with Crippen molar-refractivity contribution in [3.8, 4) is 0 Å². The first-order chi connectivity index (χ1) is 10.3. The van der Waals surface area contributed by atoms with Crippen LogP contribution in [0.3, 0.4) is 0 Å². The van der Waals surface area contributed by atoms with Crippen molar-refractivity contribution in [3.05, 3.63) is 71.8 Å². The molecule has 0 spiro atoms. The highest BCUT2D eigenvalue weighted by Crippen LogP contribution is 2.15. The van der Waals surface area contributed by atoms with E-state index in [9.17, 15) is 0 Å². The lowest BCUT2D eigenvalue weighted by Crippen LogP contribution is -2.49. The molecule has 0 aromatic heterocycles. The SMILES string of the molecule is S=C1N(Cc2ccccc2)COCN1Cc1ccccc1. The Hall–Kier alpha value is -1.91. The Morgan fingerprint density at radius 3 is 1.62 bits per heavy atom. The zero-order valence-corrected chi connectivity index (χ0v) is 12.6.